The molecule has 0 bridgehead atoms. The molecule has 1 aliphatic carbocycles. The highest BCUT2D eigenvalue weighted by Crippen LogP contribution is 2.38. The van der Waals surface area contributed by atoms with Crippen LogP contribution < -0.4 is 15.8 Å². The molecule has 0 saturated carbocycles. The minimum absolute atomic E-state index is 0.271. The number of hydrogen-bond donors (Lipinski definition) is 2. The zero-order valence-corrected chi connectivity index (χ0v) is 15.1. The average molecular weight is 373 g/mol. The maximum Gasteiger partial charge on any atom is 0.265 e. The standard InChI is InChI=1S/C18H19N3O4S/c1-24-13-7-3-2-5-11(13)9-20-25-10-15(22)21-18-16(17(19)23)12-6-4-8-14(12)26-18/h2-3,5,7,9H,4,6,8,10H2,1H3,(H2,19,23)(H,21,22)/b20-9-. The molecule has 2 aromatic rings. The number of fused-ring (bicyclic) bond motifs is 1. The first kappa shape index (κ1) is 17.9. The molecule has 1 heterocycles. The van der Waals surface area contributed by atoms with Gasteiger partial charge in [0.25, 0.3) is 11.8 Å². The van der Waals surface area contributed by atoms with E-state index in [4.69, 9.17) is 15.3 Å². The number of carbonyl (C=O) groups excluding carboxylic acids is 2. The number of nitrogens with zero attached hydrogens (tertiary/aromatic N) is 1. The lowest BCUT2D eigenvalue weighted by Crippen LogP contribution is -2.20. The second kappa shape index (κ2) is 8.01. The number of methoxy groups -OCH3 is 1. The number of carbonyl (C=O) groups is 2. The highest BCUT2D eigenvalue weighted by atomic mass is 32.1. The zero-order valence-electron chi connectivity index (χ0n) is 14.3. The Labute approximate surface area is 154 Å². The van der Waals surface area contributed by atoms with Gasteiger partial charge in [-0.2, -0.15) is 0 Å². The van der Waals surface area contributed by atoms with E-state index in [1.54, 1.807) is 13.2 Å². The summed E-state index contributed by atoms with van der Waals surface area (Å²) in [5, 5.41) is 6.97. The number of aryl methyl sites for hydroxylation is 1. The van der Waals surface area contributed by atoms with Crippen molar-refractivity contribution in [3.8, 4) is 5.75 Å². The van der Waals surface area contributed by atoms with Gasteiger partial charge in [-0.15, -0.1) is 11.3 Å². The third kappa shape index (κ3) is 3.85. The van der Waals surface area contributed by atoms with Crippen LogP contribution in [0.2, 0.25) is 0 Å². The number of anilines is 1. The molecule has 26 heavy (non-hydrogen) atoms. The van der Waals surface area contributed by atoms with Crippen LogP contribution in [-0.2, 0) is 22.5 Å². The van der Waals surface area contributed by atoms with Crippen molar-refractivity contribution in [3.05, 3.63) is 45.8 Å². The van der Waals surface area contributed by atoms with E-state index in [0.717, 1.165) is 35.3 Å². The van der Waals surface area contributed by atoms with Crippen LogP contribution in [0.25, 0.3) is 0 Å². The van der Waals surface area contributed by atoms with E-state index in [1.165, 1.54) is 17.6 Å². The first-order valence-electron chi connectivity index (χ1n) is 8.12. The molecule has 0 unspecified atom stereocenters. The van der Waals surface area contributed by atoms with Gasteiger partial charge in [-0.25, -0.2) is 0 Å². The van der Waals surface area contributed by atoms with Gasteiger partial charge in [-0.3, -0.25) is 9.59 Å². The lowest BCUT2D eigenvalue weighted by molar-refractivity contribution is -0.120. The van der Waals surface area contributed by atoms with E-state index >= 15 is 0 Å². The van der Waals surface area contributed by atoms with E-state index in [0.29, 0.717) is 16.3 Å². The average Bonchev–Trinajstić information content (AvgIpc) is 3.19. The molecule has 0 spiro atoms. The molecule has 0 atom stereocenters. The van der Waals surface area contributed by atoms with E-state index in [2.05, 4.69) is 10.5 Å². The third-order valence-corrected chi connectivity index (χ3v) is 5.23. The van der Waals surface area contributed by atoms with Gasteiger partial charge in [0.05, 0.1) is 18.9 Å². The minimum atomic E-state index is -0.519. The van der Waals surface area contributed by atoms with Crippen molar-refractivity contribution in [1.29, 1.82) is 0 Å². The van der Waals surface area contributed by atoms with Crippen LogP contribution >= 0.6 is 11.3 Å². The summed E-state index contributed by atoms with van der Waals surface area (Å²) in [6.45, 7) is -0.271. The Hall–Kier alpha value is -2.87. The molecule has 1 aromatic carbocycles. The normalized spacial score (nSPS) is 12.8. The molecule has 3 rings (SSSR count). The van der Waals surface area contributed by atoms with Gasteiger partial charge in [0.15, 0.2) is 6.61 Å². The number of primary amides is 1. The third-order valence-electron chi connectivity index (χ3n) is 4.02. The van der Waals surface area contributed by atoms with E-state index in [1.807, 2.05) is 18.2 Å². The summed E-state index contributed by atoms with van der Waals surface area (Å²) < 4.78 is 5.20. The largest absolute Gasteiger partial charge is 0.496 e. The molecule has 1 aromatic heterocycles. The number of thiophene rings is 1. The number of para-hydroxylation sites is 1. The molecule has 0 fully saturated rings. The van der Waals surface area contributed by atoms with Crippen LogP contribution in [0.4, 0.5) is 5.00 Å². The van der Waals surface area contributed by atoms with Crippen molar-refractivity contribution in [2.45, 2.75) is 19.3 Å². The van der Waals surface area contributed by atoms with Crippen LogP contribution in [-0.4, -0.2) is 31.7 Å². The van der Waals surface area contributed by atoms with Gasteiger partial charge in [0, 0.05) is 10.4 Å². The number of nitrogens with one attached hydrogen (secondary N) is 1. The summed E-state index contributed by atoms with van der Waals surface area (Å²) in [4.78, 5) is 29.9. The fraction of sp³-hybridized carbons (Fsp3) is 0.278. The minimum Gasteiger partial charge on any atom is -0.496 e. The van der Waals surface area contributed by atoms with Crippen molar-refractivity contribution >= 4 is 34.4 Å². The van der Waals surface area contributed by atoms with Gasteiger partial charge < -0.3 is 20.6 Å². The Balaban J connectivity index is 1.58. The fourth-order valence-corrected chi connectivity index (χ4v) is 4.19. The number of rotatable bonds is 7. The van der Waals surface area contributed by atoms with Crippen LogP contribution in [0.3, 0.4) is 0 Å². The highest BCUT2D eigenvalue weighted by molar-refractivity contribution is 7.17. The molecule has 0 aliphatic heterocycles. The monoisotopic (exact) mass is 373 g/mol. The number of amides is 2. The first-order chi connectivity index (χ1) is 12.6. The summed E-state index contributed by atoms with van der Waals surface area (Å²) in [7, 11) is 1.57. The Morgan fingerprint density at radius 2 is 2.15 bits per heavy atom. The maximum atomic E-state index is 12.1. The van der Waals surface area contributed by atoms with Crippen molar-refractivity contribution in [2.75, 3.05) is 19.0 Å². The molecule has 7 nitrogen and oxygen atoms in total. The lowest BCUT2D eigenvalue weighted by atomic mass is 10.1. The molecular formula is C18H19N3O4S. The summed E-state index contributed by atoms with van der Waals surface area (Å²) in [5.41, 5.74) is 7.60. The Morgan fingerprint density at radius 3 is 2.92 bits per heavy atom. The van der Waals surface area contributed by atoms with Gasteiger partial charge >= 0.3 is 0 Å². The number of oxime groups is 1. The Morgan fingerprint density at radius 1 is 1.35 bits per heavy atom. The van der Waals surface area contributed by atoms with Crippen LogP contribution in [0.5, 0.6) is 5.75 Å². The predicted molar refractivity (Wildman–Crippen MR) is 100 cm³/mol. The quantitative estimate of drug-likeness (QED) is 0.574. The number of benzene rings is 1. The molecule has 0 saturated heterocycles. The van der Waals surface area contributed by atoms with Crippen molar-refractivity contribution < 1.29 is 19.2 Å². The molecule has 0 radical (unpaired) electrons. The summed E-state index contributed by atoms with van der Waals surface area (Å²) in [5.74, 6) is -0.261. The summed E-state index contributed by atoms with van der Waals surface area (Å²) >= 11 is 1.40. The molecule has 2 amide bonds. The fourth-order valence-electron chi connectivity index (χ4n) is 2.88. The maximum absolute atomic E-state index is 12.1. The van der Waals surface area contributed by atoms with Crippen LogP contribution in [0.1, 0.15) is 32.8 Å². The molecular weight excluding hydrogens is 354 g/mol. The van der Waals surface area contributed by atoms with E-state index in [9.17, 15) is 9.59 Å². The molecule has 8 heteroatoms. The van der Waals surface area contributed by atoms with Crippen molar-refractivity contribution in [1.82, 2.24) is 0 Å². The van der Waals surface area contributed by atoms with Gasteiger partial charge in [0.1, 0.15) is 10.8 Å². The second-order valence-electron chi connectivity index (χ2n) is 5.72. The molecule has 3 N–H and O–H groups in total. The SMILES string of the molecule is COc1ccccc1/C=N\OCC(=O)Nc1sc2c(c1C(N)=O)CCC2. The molecule has 136 valence electrons. The van der Waals surface area contributed by atoms with Crippen molar-refractivity contribution in [2.24, 2.45) is 10.9 Å². The van der Waals surface area contributed by atoms with Gasteiger partial charge in [0.2, 0.25) is 0 Å². The Bertz CT molecular complexity index is 860. The second-order valence-corrected chi connectivity index (χ2v) is 6.83. The highest BCUT2D eigenvalue weighted by Gasteiger charge is 2.26. The smallest absolute Gasteiger partial charge is 0.265 e. The lowest BCUT2D eigenvalue weighted by Gasteiger charge is -2.05. The van der Waals surface area contributed by atoms with Crippen LogP contribution in [0.15, 0.2) is 29.4 Å². The van der Waals surface area contributed by atoms with E-state index in [-0.39, 0.29) is 6.61 Å². The van der Waals surface area contributed by atoms with Crippen molar-refractivity contribution in [3.63, 3.8) is 0 Å². The summed E-state index contributed by atoms with van der Waals surface area (Å²) in [6.07, 6.45) is 4.21. The molecule has 1 aliphatic rings. The number of ether oxygens (including phenoxy) is 1. The van der Waals surface area contributed by atoms with Gasteiger partial charge in [-0.1, -0.05) is 17.3 Å². The summed E-state index contributed by atoms with van der Waals surface area (Å²) in [6, 6.07) is 7.31. The number of nitrogens with two attached hydrogens (primary N) is 1. The number of hydrogen-bond acceptors (Lipinski definition) is 6. The topological polar surface area (TPSA) is 103 Å². The first-order valence-corrected chi connectivity index (χ1v) is 8.94. The predicted octanol–water partition coefficient (Wildman–Crippen LogP) is 2.33. The zero-order chi connectivity index (χ0) is 18.5. The Kier molecular flexibility index (Phi) is 5.52. The van der Waals surface area contributed by atoms with E-state index < -0.39 is 11.8 Å². The van der Waals surface area contributed by atoms with Gasteiger partial charge in [-0.05, 0) is 37.0 Å². The van der Waals surface area contributed by atoms with Crippen LogP contribution in [0, 0.1) is 0 Å².